The normalized spacial score (nSPS) is 22.4. The molecule has 0 aliphatic carbocycles. The molecule has 0 saturated carbocycles. The maximum absolute atomic E-state index is 13.8. The van der Waals surface area contributed by atoms with Crippen molar-refractivity contribution >= 4 is 10.0 Å². The van der Waals surface area contributed by atoms with Gasteiger partial charge in [-0.1, -0.05) is 0 Å². The van der Waals surface area contributed by atoms with Gasteiger partial charge in [0.25, 0.3) is 0 Å². The largest absolute Gasteiger partial charge is 0.375 e. The molecular formula is C17H24F2N2O3S. The van der Waals surface area contributed by atoms with Crippen LogP contribution in [0.1, 0.15) is 25.7 Å². The molecule has 0 aromatic heterocycles. The first-order chi connectivity index (χ1) is 11.9. The van der Waals surface area contributed by atoms with Gasteiger partial charge in [-0.05, 0) is 44.9 Å². The molecule has 0 bridgehead atoms. The van der Waals surface area contributed by atoms with Gasteiger partial charge in [-0.2, -0.15) is 4.31 Å². The lowest BCUT2D eigenvalue weighted by molar-refractivity contribution is -0.0564. The molecule has 2 heterocycles. The Kier molecular flexibility index (Phi) is 5.72. The third-order valence-electron chi connectivity index (χ3n) is 4.96. The summed E-state index contributed by atoms with van der Waals surface area (Å²) in [7, 11) is -1.85. The lowest BCUT2D eigenvalue weighted by Gasteiger charge is -2.35. The Balaban J connectivity index is 1.58. The summed E-state index contributed by atoms with van der Waals surface area (Å²) >= 11 is 0. The van der Waals surface area contributed by atoms with Gasteiger partial charge in [-0.25, -0.2) is 17.2 Å². The summed E-state index contributed by atoms with van der Waals surface area (Å²) in [6.07, 6.45) is 3.45. The van der Waals surface area contributed by atoms with E-state index >= 15 is 0 Å². The van der Waals surface area contributed by atoms with Crippen LogP contribution in [0.2, 0.25) is 0 Å². The molecule has 0 unspecified atom stereocenters. The van der Waals surface area contributed by atoms with E-state index in [0.717, 1.165) is 38.1 Å². The van der Waals surface area contributed by atoms with Gasteiger partial charge in [0.15, 0.2) is 0 Å². The second-order valence-corrected chi connectivity index (χ2v) is 8.72. The summed E-state index contributed by atoms with van der Waals surface area (Å²) in [5.41, 5.74) is 0. The highest BCUT2D eigenvalue weighted by Crippen LogP contribution is 2.26. The van der Waals surface area contributed by atoms with E-state index < -0.39 is 26.6 Å². The predicted octanol–water partition coefficient (Wildman–Crippen LogP) is 2.23. The molecule has 0 atom stereocenters. The van der Waals surface area contributed by atoms with E-state index in [4.69, 9.17) is 4.74 Å². The Morgan fingerprint density at radius 2 is 1.56 bits per heavy atom. The number of hydrogen-bond acceptors (Lipinski definition) is 4. The number of rotatable bonds is 4. The van der Waals surface area contributed by atoms with Crippen LogP contribution in [-0.2, 0) is 14.8 Å². The highest BCUT2D eigenvalue weighted by atomic mass is 32.2. The van der Waals surface area contributed by atoms with Crippen molar-refractivity contribution in [1.82, 2.24) is 9.21 Å². The van der Waals surface area contributed by atoms with Crippen LogP contribution >= 0.6 is 0 Å². The SMILES string of the molecule is CN1CCC(OC2CCN(S(=O)(=O)c3ccc(F)cc3F)CC2)CC1. The number of piperidine rings is 2. The number of likely N-dealkylation sites (tertiary alicyclic amines) is 1. The van der Waals surface area contributed by atoms with Gasteiger partial charge in [-0.15, -0.1) is 0 Å². The van der Waals surface area contributed by atoms with Crippen molar-refractivity contribution in [2.45, 2.75) is 42.8 Å². The van der Waals surface area contributed by atoms with Crippen molar-refractivity contribution in [3.05, 3.63) is 29.8 Å². The summed E-state index contributed by atoms with van der Waals surface area (Å²) in [5.74, 6) is -1.84. The third-order valence-corrected chi connectivity index (χ3v) is 6.90. The monoisotopic (exact) mass is 374 g/mol. The van der Waals surface area contributed by atoms with Crippen LogP contribution in [0.25, 0.3) is 0 Å². The van der Waals surface area contributed by atoms with Gasteiger partial charge in [0.2, 0.25) is 10.0 Å². The molecule has 0 spiro atoms. The Morgan fingerprint density at radius 3 is 2.12 bits per heavy atom. The predicted molar refractivity (Wildman–Crippen MR) is 89.7 cm³/mol. The summed E-state index contributed by atoms with van der Waals surface area (Å²) < 4.78 is 59.4. The van der Waals surface area contributed by atoms with Gasteiger partial charge in [-0.3, -0.25) is 0 Å². The van der Waals surface area contributed by atoms with Crippen molar-refractivity contribution < 1.29 is 21.9 Å². The molecule has 1 aromatic rings. The third kappa shape index (κ3) is 4.36. The van der Waals surface area contributed by atoms with Crippen LogP contribution in [0, 0.1) is 11.6 Å². The van der Waals surface area contributed by atoms with Crippen molar-refractivity contribution in [3.8, 4) is 0 Å². The maximum Gasteiger partial charge on any atom is 0.245 e. The molecule has 8 heteroatoms. The zero-order chi connectivity index (χ0) is 18.0. The molecule has 0 N–H and O–H groups in total. The second kappa shape index (κ2) is 7.65. The number of sulfonamides is 1. The van der Waals surface area contributed by atoms with Gasteiger partial charge < -0.3 is 9.64 Å². The second-order valence-electron chi connectivity index (χ2n) is 6.82. The van der Waals surface area contributed by atoms with E-state index in [1.165, 1.54) is 4.31 Å². The number of benzene rings is 1. The molecule has 2 aliphatic rings. The molecule has 1 aromatic carbocycles. The smallest absolute Gasteiger partial charge is 0.245 e. The molecule has 0 amide bonds. The van der Waals surface area contributed by atoms with Crippen LogP contribution in [0.5, 0.6) is 0 Å². The fourth-order valence-corrected chi connectivity index (χ4v) is 4.94. The first kappa shape index (κ1) is 18.7. The minimum absolute atomic E-state index is 0.0397. The standard InChI is InChI=1S/C17H24F2N2O3S/c1-20-8-4-14(5-9-20)24-15-6-10-21(11-7-15)25(22,23)17-3-2-13(18)12-16(17)19/h2-3,12,14-15H,4-11H2,1H3. The zero-order valence-electron chi connectivity index (χ0n) is 14.3. The average Bonchev–Trinajstić information content (AvgIpc) is 2.57. The zero-order valence-corrected chi connectivity index (χ0v) is 15.1. The van der Waals surface area contributed by atoms with E-state index in [1.54, 1.807) is 0 Å². The Labute approximate surface area is 147 Å². The molecular weight excluding hydrogens is 350 g/mol. The van der Waals surface area contributed by atoms with Crippen LogP contribution in [0.3, 0.4) is 0 Å². The Hall–Kier alpha value is -1.09. The van der Waals surface area contributed by atoms with Gasteiger partial charge in [0.05, 0.1) is 12.2 Å². The highest BCUT2D eigenvalue weighted by Gasteiger charge is 2.32. The van der Waals surface area contributed by atoms with E-state index in [-0.39, 0.29) is 25.3 Å². The van der Waals surface area contributed by atoms with Crippen molar-refractivity contribution in [2.24, 2.45) is 0 Å². The van der Waals surface area contributed by atoms with E-state index in [2.05, 4.69) is 11.9 Å². The summed E-state index contributed by atoms with van der Waals surface area (Å²) in [6.45, 7) is 2.61. The topological polar surface area (TPSA) is 49.9 Å². The van der Waals surface area contributed by atoms with Crippen LogP contribution in [-0.4, -0.2) is 63.1 Å². The molecule has 3 rings (SSSR count). The van der Waals surface area contributed by atoms with Gasteiger partial charge >= 0.3 is 0 Å². The molecule has 2 fully saturated rings. The Morgan fingerprint density at radius 1 is 1.00 bits per heavy atom. The average molecular weight is 374 g/mol. The minimum Gasteiger partial charge on any atom is -0.375 e. The molecule has 2 aliphatic heterocycles. The van der Waals surface area contributed by atoms with Crippen molar-refractivity contribution in [1.29, 1.82) is 0 Å². The van der Waals surface area contributed by atoms with E-state index in [9.17, 15) is 17.2 Å². The van der Waals surface area contributed by atoms with E-state index in [0.29, 0.717) is 18.9 Å². The number of ether oxygens (including phenoxy) is 1. The molecule has 5 nitrogen and oxygen atoms in total. The molecule has 140 valence electrons. The number of hydrogen-bond donors (Lipinski definition) is 0. The van der Waals surface area contributed by atoms with Crippen LogP contribution < -0.4 is 0 Å². The lowest BCUT2D eigenvalue weighted by Crippen LogP contribution is -2.43. The number of nitrogens with zero attached hydrogens (tertiary/aromatic N) is 2. The quantitative estimate of drug-likeness (QED) is 0.811. The molecule has 25 heavy (non-hydrogen) atoms. The maximum atomic E-state index is 13.8. The van der Waals surface area contributed by atoms with Crippen molar-refractivity contribution in [2.75, 3.05) is 33.2 Å². The first-order valence-corrected chi connectivity index (χ1v) is 10.1. The first-order valence-electron chi connectivity index (χ1n) is 8.65. The minimum atomic E-state index is -3.94. The summed E-state index contributed by atoms with van der Waals surface area (Å²) in [6, 6.07) is 2.55. The Bertz CT molecular complexity index is 698. The fraction of sp³-hybridized carbons (Fsp3) is 0.647. The van der Waals surface area contributed by atoms with Gasteiger partial charge in [0.1, 0.15) is 16.5 Å². The van der Waals surface area contributed by atoms with Crippen LogP contribution in [0.4, 0.5) is 8.78 Å². The summed E-state index contributed by atoms with van der Waals surface area (Å²) in [4.78, 5) is 1.80. The van der Waals surface area contributed by atoms with Gasteiger partial charge in [0, 0.05) is 32.2 Å². The van der Waals surface area contributed by atoms with Crippen molar-refractivity contribution in [3.63, 3.8) is 0 Å². The fourth-order valence-electron chi connectivity index (χ4n) is 3.43. The van der Waals surface area contributed by atoms with E-state index in [1.807, 2.05) is 0 Å². The molecule has 2 saturated heterocycles. The number of halogens is 2. The highest BCUT2D eigenvalue weighted by molar-refractivity contribution is 7.89. The lowest BCUT2D eigenvalue weighted by atomic mass is 10.1. The molecule has 0 radical (unpaired) electrons. The summed E-state index contributed by atoms with van der Waals surface area (Å²) in [5, 5.41) is 0. The van der Waals surface area contributed by atoms with Crippen LogP contribution in [0.15, 0.2) is 23.1 Å².